The van der Waals surface area contributed by atoms with Crippen molar-refractivity contribution in [3.8, 4) is 0 Å². The van der Waals surface area contributed by atoms with E-state index in [-0.39, 0.29) is 36.8 Å². The Hall–Kier alpha value is -0.850. The maximum atomic E-state index is 12.5. The van der Waals surface area contributed by atoms with Crippen molar-refractivity contribution in [1.82, 2.24) is 10.2 Å². The molecule has 0 saturated carbocycles. The number of nitrogens with two attached hydrogens (primary N) is 1. The van der Waals surface area contributed by atoms with Crippen LogP contribution in [0.2, 0.25) is 0 Å². The summed E-state index contributed by atoms with van der Waals surface area (Å²) in [6.45, 7) is 4.18. The smallest absolute Gasteiger partial charge is 0.240 e. The van der Waals surface area contributed by atoms with Gasteiger partial charge in [0.2, 0.25) is 5.91 Å². The highest BCUT2D eigenvalue weighted by Gasteiger charge is 2.37. The lowest BCUT2D eigenvalue weighted by Crippen LogP contribution is -2.59. The molecular formula is C18H29Cl2N3O2. The zero-order valence-corrected chi connectivity index (χ0v) is 16.1. The topological polar surface area (TPSA) is 67.6 Å². The normalized spacial score (nSPS) is 20.8. The van der Waals surface area contributed by atoms with Crippen LogP contribution in [-0.4, -0.2) is 48.7 Å². The number of likely N-dealkylation sites (tertiary alicyclic amines) is 1. The number of benzene rings is 1. The first-order valence-corrected chi connectivity index (χ1v) is 8.60. The number of nitrogens with zero attached hydrogens (tertiary/aromatic N) is 1. The molecule has 1 aromatic carbocycles. The van der Waals surface area contributed by atoms with Crippen molar-refractivity contribution in [2.45, 2.75) is 43.8 Å². The molecule has 0 bridgehead atoms. The second-order valence-electron chi connectivity index (χ2n) is 6.78. The predicted molar refractivity (Wildman–Crippen MR) is 104 cm³/mol. The summed E-state index contributed by atoms with van der Waals surface area (Å²) < 4.78 is 5.31. The Morgan fingerprint density at radius 3 is 2.36 bits per heavy atom. The molecule has 25 heavy (non-hydrogen) atoms. The van der Waals surface area contributed by atoms with Crippen molar-refractivity contribution >= 4 is 30.7 Å². The van der Waals surface area contributed by atoms with Crippen molar-refractivity contribution in [2.75, 3.05) is 26.3 Å². The standard InChI is InChI=1S/C18H27N3O2.2ClH/c19-18(8-12-23-13-9-18)17(22)20-16-6-10-21(11-7-16)14-15-4-2-1-3-5-15;;/h1-5,16H,6-14,19H2,(H,20,22);2*1H. The van der Waals surface area contributed by atoms with Crippen LogP contribution in [0.15, 0.2) is 30.3 Å². The lowest BCUT2D eigenvalue weighted by Gasteiger charge is -2.36. The fourth-order valence-electron chi connectivity index (χ4n) is 3.37. The van der Waals surface area contributed by atoms with E-state index in [9.17, 15) is 4.79 Å². The van der Waals surface area contributed by atoms with Gasteiger partial charge in [-0.25, -0.2) is 0 Å². The van der Waals surface area contributed by atoms with Crippen molar-refractivity contribution in [1.29, 1.82) is 0 Å². The van der Waals surface area contributed by atoms with Crippen LogP contribution in [0, 0.1) is 0 Å². The number of hydrogen-bond donors (Lipinski definition) is 2. The molecule has 142 valence electrons. The quantitative estimate of drug-likeness (QED) is 0.827. The van der Waals surface area contributed by atoms with E-state index in [0.717, 1.165) is 32.5 Å². The Morgan fingerprint density at radius 1 is 1.16 bits per heavy atom. The van der Waals surface area contributed by atoms with Gasteiger partial charge in [0.1, 0.15) is 0 Å². The number of rotatable bonds is 4. The molecule has 1 aromatic rings. The van der Waals surface area contributed by atoms with Crippen LogP contribution in [0.5, 0.6) is 0 Å². The molecule has 2 fully saturated rings. The first kappa shape index (κ1) is 22.2. The van der Waals surface area contributed by atoms with Gasteiger partial charge in [-0.2, -0.15) is 0 Å². The first-order chi connectivity index (χ1) is 11.2. The molecule has 0 radical (unpaired) electrons. The highest BCUT2D eigenvalue weighted by Crippen LogP contribution is 2.20. The van der Waals surface area contributed by atoms with E-state index >= 15 is 0 Å². The Balaban J connectivity index is 0.00000156. The second kappa shape index (κ2) is 10.3. The molecule has 0 unspecified atom stereocenters. The van der Waals surface area contributed by atoms with Gasteiger partial charge in [0, 0.05) is 38.9 Å². The molecule has 1 amide bonds. The third-order valence-corrected chi connectivity index (χ3v) is 5.01. The molecular weight excluding hydrogens is 361 g/mol. The first-order valence-electron chi connectivity index (χ1n) is 8.60. The second-order valence-corrected chi connectivity index (χ2v) is 6.78. The highest BCUT2D eigenvalue weighted by molar-refractivity contribution is 5.86. The third-order valence-electron chi connectivity index (χ3n) is 5.01. The fraction of sp³-hybridized carbons (Fsp3) is 0.611. The molecule has 0 spiro atoms. The largest absolute Gasteiger partial charge is 0.381 e. The van der Waals surface area contributed by atoms with Crippen LogP contribution in [-0.2, 0) is 16.1 Å². The number of carbonyl (C=O) groups excluding carboxylic acids is 1. The Labute approximate surface area is 162 Å². The summed E-state index contributed by atoms with van der Waals surface area (Å²) in [5.74, 6) is 0.00214. The van der Waals surface area contributed by atoms with Gasteiger partial charge in [0.05, 0.1) is 5.54 Å². The Bertz CT molecular complexity index is 516. The average Bonchev–Trinajstić information content (AvgIpc) is 2.58. The zero-order chi connectivity index (χ0) is 16.1. The number of nitrogens with one attached hydrogen (secondary N) is 1. The highest BCUT2D eigenvalue weighted by atomic mass is 35.5. The molecule has 2 heterocycles. The lowest BCUT2D eigenvalue weighted by atomic mass is 9.89. The van der Waals surface area contributed by atoms with Crippen molar-refractivity contribution in [2.24, 2.45) is 5.73 Å². The van der Waals surface area contributed by atoms with E-state index in [1.54, 1.807) is 0 Å². The molecule has 2 saturated heterocycles. The van der Waals surface area contributed by atoms with Crippen LogP contribution >= 0.6 is 24.8 Å². The molecule has 5 nitrogen and oxygen atoms in total. The van der Waals surface area contributed by atoms with Gasteiger partial charge in [-0.05, 0) is 31.2 Å². The minimum absolute atomic E-state index is 0. The van der Waals surface area contributed by atoms with E-state index in [4.69, 9.17) is 10.5 Å². The van der Waals surface area contributed by atoms with Gasteiger partial charge in [-0.3, -0.25) is 9.69 Å². The van der Waals surface area contributed by atoms with E-state index < -0.39 is 5.54 Å². The van der Waals surface area contributed by atoms with Crippen molar-refractivity contribution in [3.05, 3.63) is 35.9 Å². The van der Waals surface area contributed by atoms with Gasteiger partial charge in [0.25, 0.3) is 0 Å². The van der Waals surface area contributed by atoms with Gasteiger partial charge in [-0.15, -0.1) is 24.8 Å². The van der Waals surface area contributed by atoms with Crippen molar-refractivity contribution in [3.63, 3.8) is 0 Å². The summed E-state index contributed by atoms with van der Waals surface area (Å²) in [6, 6.07) is 10.8. The van der Waals surface area contributed by atoms with Crippen LogP contribution in [0.25, 0.3) is 0 Å². The maximum absolute atomic E-state index is 12.5. The Morgan fingerprint density at radius 2 is 1.76 bits per heavy atom. The summed E-state index contributed by atoms with van der Waals surface area (Å²) in [5, 5.41) is 3.17. The molecule has 0 aromatic heterocycles. The number of halogens is 2. The lowest BCUT2D eigenvalue weighted by molar-refractivity contribution is -0.130. The van der Waals surface area contributed by atoms with E-state index in [2.05, 4.69) is 34.5 Å². The van der Waals surface area contributed by atoms with Crippen LogP contribution in [0.1, 0.15) is 31.2 Å². The average molecular weight is 390 g/mol. The third kappa shape index (κ3) is 6.12. The van der Waals surface area contributed by atoms with E-state index in [0.29, 0.717) is 26.1 Å². The van der Waals surface area contributed by atoms with Gasteiger partial charge in [0.15, 0.2) is 0 Å². The SMILES string of the molecule is Cl.Cl.NC1(C(=O)NC2CCN(Cc3ccccc3)CC2)CCOCC1. The molecule has 3 rings (SSSR count). The fourth-order valence-corrected chi connectivity index (χ4v) is 3.37. The van der Waals surface area contributed by atoms with Gasteiger partial charge in [-0.1, -0.05) is 30.3 Å². The van der Waals surface area contributed by atoms with Gasteiger partial charge >= 0.3 is 0 Å². The summed E-state index contributed by atoms with van der Waals surface area (Å²) in [5.41, 5.74) is 6.86. The molecule has 2 aliphatic heterocycles. The summed E-state index contributed by atoms with van der Waals surface area (Å²) >= 11 is 0. The number of amides is 1. The van der Waals surface area contributed by atoms with Crippen LogP contribution in [0.3, 0.4) is 0 Å². The van der Waals surface area contributed by atoms with Gasteiger partial charge < -0.3 is 15.8 Å². The number of piperidine rings is 1. The maximum Gasteiger partial charge on any atom is 0.240 e. The van der Waals surface area contributed by atoms with Crippen molar-refractivity contribution < 1.29 is 9.53 Å². The predicted octanol–water partition coefficient (Wildman–Crippen LogP) is 2.12. The number of carbonyl (C=O) groups is 1. The van der Waals surface area contributed by atoms with E-state index in [1.807, 2.05) is 6.07 Å². The summed E-state index contributed by atoms with van der Waals surface area (Å²) in [6.07, 6.45) is 3.22. The molecule has 2 aliphatic rings. The van der Waals surface area contributed by atoms with Crippen LogP contribution in [0.4, 0.5) is 0 Å². The minimum Gasteiger partial charge on any atom is -0.381 e. The van der Waals surface area contributed by atoms with Crippen LogP contribution < -0.4 is 11.1 Å². The number of hydrogen-bond acceptors (Lipinski definition) is 4. The minimum atomic E-state index is -0.737. The van der Waals surface area contributed by atoms with E-state index in [1.165, 1.54) is 5.56 Å². The zero-order valence-electron chi connectivity index (χ0n) is 14.5. The molecule has 7 heteroatoms. The molecule has 0 aliphatic carbocycles. The Kier molecular flexibility index (Phi) is 9.17. The summed E-state index contributed by atoms with van der Waals surface area (Å²) in [7, 11) is 0. The molecule has 0 atom stereocenters. The summed E-state index contributed by atoms with van der Waals surface area (Å²) in [4.78, 5) is 14.9. The number of ether oxygens (including phenoxy) is 1. The monoisotopic (exact) mass is 389 g/mol. The molecule has 3 N–H and O–H groups in total.